The van der Waals surface area contributed by atoms with Crippen molar-refractivity contribution in [2.75, 3.05) is 79.3 Å². The predicted molar refractivity (Wildman–Crippen MR) is 219 cm³/mol. The molecule has 0 saturated carbocycles. The van der Waals surface area contributed by atoms with Crippen LogP contribution < -0.4 is 9.79 Å². The molecule has 0 aromatic carbocycles. The van der Waals surface area contributed by atoms with Crippen molar-refractivity contribution in [1.82, 2.24) is 0 Å². The second kappa shape index (κ2) is 43.1. The third-order valence-corrected chi connectivity index (χ3v) is 11.5. The minimum atomic E-state index is -2.06. The van der Waals surface area contributed by atoms with Gasteiger partial charge in [-0.05, 0) is 38.5 Å². The molecule has 2 saturated heterocycles. The normalized spacial score (nSPS) is 26.1. The van der Waals surface area contributed by atoms with Crippen LogP contribution in [-0.2, 0) is 53.5 Å². The van der Waals surface area contributed by atoms with Crippen LogP contribution in [0.5, 0.6) is 0 Å². The molecule has 0 spiro atoms. The van der Waals surface area contributed by atoms with Crippen molar-refractivity contribution >= 4 is 17.2 Å². The van der Waals surface area contributed by atoms with Gasteiger partial charge in [0.25, 0.3) is 0 Å². The summed E-state index contributed by atoms with van der Waals surface area (Å²) in [6, 6.07) is 0. The van der Waals surface area contributed by atoms with Crippen molar-refractivity contribution in [2.24, 2.45) is 23.7 Å². The molecule has 2 heterocycles. The Hall–Kier alpha value is 0.954. The van der Waals surface area contributed by atoms with E-state index >= 15 is 0 Å². The van der Waals surface area contributed by atoms with E-state index in [0.717, 1.165) is 65.0 Å². The fraction of sp³-hybridized carbons (Fsp3) is 1.00. The van der Waals surface area contributed by atoms with Gasteiger partial charge in [0.05, 0.1) is 70.1 Å². The SMILES string of the molecule is CCCCCCC1COCCCOCC(CCCCCC)COP([O-])OC1.CCCCCCC1COCCCOCC(CCCCCC)COP([O-])OC1.[Ni+2]. The van der Waals surface area contributed by atoms with Crippen LogP contribution in [-0.4, -0.2) is 79.3 Å². The smallest absolute Gasteiger partial charge is 0.786 e. The van der Waals surface area contributed by atoms with Gasteiger partial charge in [0.1, 0.15) is 0 Å². The van der Waals surface area contributed by atoms with E-state index in [1.807, 2.05) is 0 Å². The molecule has 2 aliphatic heterocycles. The molecule has 13 heteroatoms. The van der Waals surface area contributed by atoms with Crippen LogP contribution in [0.4, 0.5) is 0 Å². The quantitative estimate of drug-likeness (QED) is 0.0664. The Kier molecular flexibility index (Phi) is 43.8. The molecule has 0 aliphatic carbocycles. The third-order valence-electron chi connectivity index (χ3n) is 10.1. The average molecular weight is 870 g/mol. The first kappa shape index (κ1) is 56.0. The summed E-state index contributed by atoms with van der Waals surface area (Å²) in [5.41, 5.74) is 0. The van der Waals surface area contributed by atoms with Crippen molar-refractivity contribution in [2.45, 2.75) is 169 Å². The Bertz CT molecular complexity index is 649. The van der Waals surface area contributed by atoms with E-state index in [9.17, 15) is 9.79 Å². The van der Waals surface area contributed by atoms with Crippen LogP contribution in [0.2, 0.25) is 0 Å². The van der Waals surface area contributed by atoms with Crippen LogP contribution in [0.25, 0.3) is 0 Å². The molecule has 0 aromatic heterocycles. The number of unbranched alkanes of at least 4 members (excludes halogenated alkanes) is 12. The van der Waals surface area contributed by atoms with Gasteiger partial charge >= 0.3 is 16.5 Å². The molecular formula is C42H84NiO10P2. The van der Waals surface area contributed by atoms with Gasteiger partial charge in [-0.1, -0.05) is 130 Å². The van der Waals surface area contributed by atoms with Gasteiger partial charge in [-0.25, -0.2) is 0 Å². The van der Waals surface area contributed by atoms with E-state index in [1.54, 1.807) is 0 Å². The number of rotatable bonds is 20. The average Bonchev–Trinajstić information content (AvgIpc) is 3.18. The predicted octanol–water partition coefficient (Wildman–Crippen LogP) is 10.4. The molecular weight excluding hydrogens is 785 g/mol. The summed E-state index contributed by atoms with van der Waals surface area (Å²) < 4.78 is 45.3. The number of hydrogen-bond acceptors (Lipinski definition) is 10. The summed E-state index contributed by atoms with van der Waals surface area (Å²) in [6.07, 6.45) is 25.7. The van der Waals surface area contributed by atoms with E-state index in [4.69, 9.17) is 37.0 Å². The molecule has 4 atom stereocenters. The minimum Gasteiger partial charge on any atom is -0.786 e. The van der Waals surface area contributed by atoms with Gasteiger partial charge in [0.15, 0.2) is 0 Å². The maximum atomic E-state index is 12.1. The molecule has 2 fully saturated rings. The molecule has 55 heavy (non-hydrogen) atoms. The Labute approximate surface area is 351 Å². The van der Waals surface area contributed by atoms with Crippen molar-refractivity contribution in [3.05, 3.63) is 0 Å². The van der Waals surface area contributed by atoms with Crippen LogP contribution in [0, 0.1) is 23.7 Å². The van der Waals surface area contributed by atoms with E-state index in [0.29, 0.717) is 52.9 Å². The molecule has 10 nitrogen and oxygen atoms in total. The van der Waals surface area contributed by atoms with E-state index in [2.05, 4.69) is 27.7 Å². The van der Waals surface area contributed by atoms with Crippen LogP contribution in [0.15, 0.2) is 0 Å². The van der Waals surface area contributed by atoms with E-state index < -0.39 is 17.2 Å². The Morgan fingerprint density at radius 3 is 0.818 bits per heavy atom. The summed E-state index contributed by atoms with van der Waals surface area (Å²) in [5, 5.41) is 0. The van der Waals surface area contributed by atoms with Gasteiger partial charge in [-0.3, -0.25) is 0 Å². The van der Waals surface area contributed by atoms with Crippen molar-refractivity contribution in [3.63, 3.8) is 0 Å². The third kappa shape index (κ3) is 36.5. The monoisotopic (exact) mass is 868 g/mol. The molecule has 2 aliphatic rings. The van der Waals surface area contributed by atoms with Gasteiger partial charge in [0.2, 0.25) is 0 Å². The van der Waals surface area contributed by atoms with Gasteiger partial charge in [-0.15, -0.1) is 0 Å². The summed E-state index contributed by atoms with van der Waals surface area (Å²) in [4.78, 5) is 24.2. The van der Waals surface area contributed by atoms with Crippen LogP contribution in [0.3, 0.4) is 0 Å². The summed E-state index contributed by atoms with van der Waals surface area (Å²) in [7, 11) is -4.12. The first-order chi connectivity index (χ1) is 26.5. The van der Waals surface area contributed by atoms with Gasteiger partial charge < -0.3 is 46.8 Å². The summed E-state index contributed by atoms with van der Waals surface area (Å²) in [6.45, 7) is 16.2. The molecule has 0 N–H and O–H groups in total. The van der Waals surface area contributed by atoms with Crippen LogP contribution in [0.1, 0.15) is 169 Å². The van der Waals surface area contributed by atoms with Gasteiger partial charge in [0, 0.05) is 50.1 Å². The first-order valence-corrected chi connectivity index (χ1v) is 24.5. The van der Waals surface area contributed by atoms with Crippen LogP contribution >= 0.6 is 17.2 Å². The Morgan fingerprint density at radius 2 is 0.600 bits per heavy atom. The molecule has 332 valence electrons. The second-order valence-electron chi connectivity index (χ2n) is 15.5. The zero-order chi connectivity index (χ0) is 39.2. The fourth-order valence-electron chi connectivity index (χ4n) is 6.56. The number of ether oxygens (including phenoxy) is 4. The standard InChI is InChI=1S/2C21H42O5P.Ni/c2*1-3-5-7-9-12-20-16-23-14-11-15-24-17-21(13-10-8-6-4-2)19-26-27(22)25-18-20;/h2*20-21H,3-19H2,1-2H3;/q2*-1;+2. The van der Waals surface area contributed by atoms with Crippen molar-refractivity contribution in [1.29, 1.82) is 0 Å². The first-order valence-electron chi connectivity index (χ1n) is 22.3. The van der Waals surface area contributed by atoms with Crippen molar-refractivity contribution < 1.29 is 63.3 Å². The Balaban J connectivity index is 0.00000104. The second-order valence-corrected chi connectivity index (χ2v) is 17.4. The van der Waals surface area contributed by atoms with Gasteiger partial charge in [-0.2, -0.15) is 0 Å². The number of hydrogen-bond donors (Lipinski definition) is 0. The van der Waals surface area contributed by atoms with Crippen molar-refractivity contribution in [3.8, 4) is 0 Å². The molecule has 4 unspecified atom stereocenters. The summed E-state index contributed by atoms with van der Waals surface area (Å²) >= 11 is 0. The Morgan fingerprint density at radius 1 is 0.364 bits per heavy atom. The fourth-order valence-corrected chi connectivity index (χ4v) is 8.04. The summed E-state index contributed by atoms with van der Waals surface area (Å²) in [5.74, 6) is 1.16. The molecule has 0 radical (unpaired) electrons. The molecule has 2 rings (SSSR count). The zero-order valence-electron chi connectivity index (χ0n) is 35.6. The molecule has 0 amide bonds. The van der Waals surface area contributed by atoms with E-state index in [1.165, 1.54) is 103 Å². The largest absolute Gasteiger partial charge is 2.00 e. The maximum absolute atomic E-state index is 12.1. The minimum absolute atomic E-state index is 0. The van der Waals surface area contributed by atoms with E-state index in [-0.39, 0.29) is 40.2 Å². The molecule has 0 aromatic rings. The molecule has 0 bridgehead atoms. The zero-order valence-corrected chi connectivity index (χ0v) is 38.4. The topological polar surface area (TPSA) is 120 Å². The maximum Gasteiger partial charge on any atom is 2.00 e.